The molecule has 4 atom stereocenters. The molecular formula is C30H29NO9. The number of carbonyl (C=O) groups excluding carboxylic acids is 4. The summed E-state index contributed by atoms with van der Waals surface area (Å²) in [5, 5.41) is 2.61. The first-order chi connectivity index (χ1) is 19.3. The number of hydrogen-bond acceptors (Lipinski definition) is 9. The highest BCUT2D eigenvalue weighted by Crippen LogP contribution is 2.37. The van der Waals surface area contributed by atoms with E-state index in [1.165, 1.54) is 14.0 Å². The standard InChI is InChI=1S/C30H29NO9/c1-20(32)31-19-30(36-2)26(39-29(35)23-16-10-5-11-17-23)25(38-28(34)22-14-8-4-9-15-22)24(40-30)18-37-27(33)21-12-6-3-7-13-21/h3-17,24-26H,18-19H2,1-2H3,(H,31,32)/t24-,25-,26-,30-/m1/s1. The number of amides is 1. The predicted octanol–water partition coefficient (Wildman–Crippen LogP) is 3.17. The van der Waals surface area contributed by atoms with Gasteiger partial charge in [-0.1, -0.05) is 54.6 Å². The fourth-order valence-electron chi connectivity index (χ4n) is 4.22. The van der Waals surface area contributed by atoms with Crippen LogP contribution >= 0.6 is 0 Å². The molecule has 0 saturated carbocycles. The van der Waals surface area contributed by atoms with Gasteiger partial charge >= 0.3 is 17.9 Å². The van der Waals surface area contributed by atoms with Crippen molar-refractivity contribution < 1.29 is 42.9 Å². The zero-order valence-electron chi connectivity index (χ0n) is 22.0. The van der Waals surface area contributed by atoms with Crippen LogP contribution in [-0.4, -0.2) is 68.2 Å². The van der Waals surface area contributed by atoms with Crippen LogP contribution < -0.4 is 5.32 Å². The van der Waals surface area contributed by atoms with Gasteiger partial charge < -0.3 is 29.0 Å². The minimum absolute atomic E-state index is 0.235. The van der Waals surface area contributed by atoms with E-state index in [2.05, 4.69) is 5.32 Å². The van der Waals surface area contributed by atoms with Crippen LogP contribution in [0.25, 0.3) is 0 Å². The fraction of sp³-hybridized carbons (Fsp3) is 0.267. The maximum absolute atomic E-state index is 13.2. The number of benzene rings is 3. The number of methoxy groups -OCH3 is 1. The van der Waals surface area contributed by atoms with Gasteiger partial charge in [0.15, 0.2) is 12.2 Å². The van der Waals surface area contributed by atoms with E-state index in [1.807, 2.05) is 0 Å². The average molecular weight is 548 g/mol. The second-order valence-corrected chi connectivity index (χ2v) is 8.97. The molecule has 208 valence electrons. The second kappa shape index (κ2) is 13.0. The van der Waals surface area contributed by atoms with E-state index in [0.29, 0.717) is 5.56 Å². The largest absolute Gasteiger partial charge is 0.459 e. The fourth-order valence-corrected chi connectivity index (χ4v) is 4.22. The van der Waals surface area contributed by atoms with Crippen LogP contribution in [0.1, 0.15) is 38.0 Å². The Kier molecular flexibility index (Phi) is 9.26. The van der Waals surface area contributed by atoms with Gasteiger partial charge in [-0.25, -0.2) is 14.4 Å². The lowest BCUT2D eigenvalue weighted by Gasteiger charge is -2.33. The average Bonchev–Trinajstić information content (AvgIpc) is 3.28. The van der Waals surface area contributed by atoms with Crippen molar-refractivity contribution in [3.8, 4) is 0 Å². The molecule has 1 amide bonds. The molecule has 1 aliphatic heterocycles. The summed E-state index contributed by atoms with van der Waals surface area (Å²) in [4.78, 5) is 50.8. The number of rotatable bonds is 10. The summed E-state index contributed by atoms with van der Waals surface area (Å²) in [6.07, 6.45) is -3.76. The van der Waals surface area contributed by atoms with Gasteiger partial charge in [-0.2, -0.15) is 0 Å². The van der Waals surface area contributed by atoms with Crippen molar-refractivity contribution in [3.63, 3.8) is 0 Å². The van der Waals surface area contributed by atoms with Crippen LogP contribution in [0.5, 0.6) is 0 Å². The van der Waals surface area contributed by atoms with Gasteiger partial charge in [-0.15, -0.1) is 0 Å². The van der Waals surface area contributed by atoms with Crippen molar-refractivity contribution in [1.82, 2.24) is 5.32 Å². The first kappa shape index (κ1) is 28.5. The van der Waals surface area contributed by atoms with E-state index in [4.69, 9.17) is 23.7 Å². The van der Waals surface area contributed by atoms with Crippen LogP contribution in [0.15, 0.2) is 91.0 Å². The highest BCUT2D eigenvalue weighted by Gasteiger charge is 2.60. The maximum Gasteiger partial charge on any atom is 0.338 e. The van der Waals surface area contributed by atoms with Gasteiger partial charge in [0.25, 0.3) is 0 Å². The topological polar surface area (TPSA) is 126 Å². The molecule has 0 unspecified atom stereocenters. The highest BCUT2D eigenvalue weighted by atomic mass is 16.8. The highest BCUT2D eigenvalue weighted by molar-refractivity contribution is 5.91. The quantitative estimate of drug-likeness (QED) is 0.301. The number of esters is 3. The van der Waals surface area contributed by atoms with Crippen molar-refractivity contribution in [2.24, 2.45) is 0 Å². The van der Waals surface area contributed by atoms with Gasteiger partial charge in [0.1, 0.15) is 12.7 Å². The minimum Gasteiger partial charge on any atom is -0.459 e. The summed E-state index contributed by atoms with van der Waals surface area (Å²) in [6, 6.07) is 24.7. The van der Waals surface area contributed by atoms with E-state index >= 15 is 0 Å². The summed E-state index contributed by atoms with van der Waals surface area (Å²) < 4.78 is 29.0. The normalized spacial score (nSPS) is 21.7. The van der Waals surface area contributed by atoms with Crippen molar-refractivity contribution >= 4 is 23.8 Å². The minimum atomic E-state index is -1.78. The molecule has 0 aliphatic carbocycles. The van der Waals surface area contributed by atoms with Gasteiger partial charge in [-0.3, -0.25) is 4.79 Å². The molecule has 1 saturated heterocycles. The van der Waals surface area contributed by atoms with E-state index in [9.17, 15) is 19.2 Å². The van der Waals surface area contributed by atoms with Crippen LogP contribution in [0.2, 0.25) is 0 Å². The third-order valence-corrected chi connectivity index (χ3v) is 6.26. The van der Waals surface area contributed by atoms with E-state index in [0.717, 1.165) is 0 Å². The van der Waals surface area contributed by atoms with Crippen molar-refractivity contribution in [2.45, 2.75) is 31.0 Å². The molecule has 10 nitrogen and oxygen atoms in total. The van der Waals surface area contributed by atoms with Crippen LogP contribution in [0.3, 0.4) is 0 Å². The molecular weight excluding hydrogens is 518 g/mol. The van der Waals surface area contributed by atoms with E-state index < -0.39 is 47.9 Å². The first-order valence-corrected chi connectivity index (χ1v) is 12.5. The Bertz CT molecular complexity index is 1320. The van der Waals surface area contributed by atoms with Crippen molar-refractivity contribution in [3.05, 3.63) is 108 Å². The smallest absolute Gasteiger partial charge is 0.338 e. The summed E-state index contributed by atoms with van der Waals surface area (Å²) in [7, 11) is 1.31. The molecule has 1 fully saturated rings. The third kappa shape index (κ3) is 6.71. The lowest BCUT2D eigenvalue weighted by Crippen LogP contribution is -2.55. The van der Waals surface area contributed by atoms with E-state index in [1.54, 1.807) is 91.0 Å². The molecule has 40 heavy (non-hydrogen) atoms. The van der Waals surface area contributed by atoms with Crippen molar-refractivity contribution in [1.29, 1.82) is 0 Å². The Hall–Kier alpha value is -4.54. The number of hydrogen-bond donors (Lipinski definition) is 1. The van der Waals surface area contributed by atoms with Gasteiger partial charge in [0.2, 0.25) is 11.7 Å². The van der Waals surface area contributed by atoms with Crippen LogP contribution in [0, 0.1) is 0 Å². The molecule has 1 aliphatic rings. The lowest BCUT2D eigenvalue weighted by atomic mass is 10.0. The van der Waals surface area contributed by atoms with Gasteiger partial charge in [-0.05, 0) is 36.4 Å². The molecule has 10 heteroatoms. The zero-order valence-corrected chi connectivity index (χ0v) is 22.0. The summed E-state index contributed by atoms with van der Waals surface area (Å²) >= 11 is 0. The molecule has 0 bridgehead atoms. The Balaban J connectivity index is 1.67. The summed E-state index contributed by atoms with van der Waals surface area (Å²) in [5.74, 6) is -4.26. The predicted molar refractivity (Wildman–Crippen MR) is 141 cm³/mol. The number of nitrogens with one attached hydrogen (secondary N) is 1. The Morgan fingerprint density at radius 1 is 0.750 bits per heavy atom. The monoisotopic (exact) mass is 547 g/mol. The SMILES string of the molecule is CO[C@]1(CNC(C)=O)O[C@H](COC(=O)c2ccccc2)[C@@H](OC(=O)c2ccccc2)[C@H]1OC(=O)c1ccccc1. The molecule has 3 aromatic carbocycles. The van der Waals surface area contributed by atoms with Crippen LogP contribution in [0.4, 0.5) is 0 Å². The van der Waals surface area contributed by atoms with Crippen molar-refractivity contribution in [2.75, 3.05) is 20.3 Å². The lowest BCUT2D eigenvalue weighted by molar-refractivity contribution is -0.243. The summed E-state index contributed by atoms with van der Waals surface area (Å²) in [5.41, 5.74) is 0.785. The zero-order chi connectivity index (χ0) is 28.5. The summed E-state index contributed by atoms with van der Waals surface area (Å²) in [6.45, 7) is 0.675. The number of carbonyl (C=O) groups is 4. The third-order valence-electron chi connectivity index (χ3n) is 6.26. The molecule has 0 radical (unpaired) electrons. The first-order valence-electron chi connectivity index (χ1n) is 12.5. The maximum atomic E-state index is 13.2. The Morgan fingerprint density at radius 2 is 1.23 bits per heavy atom. The molecule has 1 N–H and O–H groups in total. The molecule has 1 heterocycles. The van der Waals surface area contributed by atoms with Gasteiger partial charge in [0, 0.05) is 14.0 Å². The Labute approximate surface area is 231 Å². The van der Waals surface area contributed by atoms with Crippen LogP contribution in [-0.2, 0) is 28.5 Å². The molecule has 0 aromatic heterocycles. The molecule has 3 aromatic rings. The van der Waals surface area contributed by atoms with E-state index in [-0.39, 0.29) is 24.3 Å². The molecule has 0 spiro atoms. The second-order valence-electron chi connectivity index (χ2n) is 8.97. The Morgan fingerprint density at radius 3 is 1.70 bits per heavy atom. The number of ether oxygens (including phenoxy) is 5. The molecule has 4 rings (SSSR count). The van der Waals surface area contributed by atoms with Gasteiger partial charge in [0.05, 0.1) is 23.2 Å².